The van der Waals surface area contributed by atoms with Crippen molar-refractivity contribution in [2.24, 2.45) is 0 Å². The number of para-hydroxylation sites is 3. The number of anilines is 3. The Hall–Kier alpha value is -7.42. The fraction of sp³-hybridized carbons (Fsp3) is 0.0182. The number of fused-ring (bicyclic) bond motifs is 6. The van der Waals surface area contributed by atoms with Crippen LogP contribution in [0.2, 0.25) is 0 Å². The van der Waals surface area contributed by atoms with Gasteiger partial charge in [-0.05, 0) is 105 Å². The Labute approximate surface area is 333 Å². The van der Waals surface area contributed by atoms with Crippen molar-refractivity contribution in [3.8, 4) is 27.9 Å². The Bertz CT molecular complexity index is 3000. The zero-order valence-electron chi connectivity index (χ0n) is 31.3. The molecule has 9 aromatic carbocycles. The summed E-state index contributed by atoms with van der Waals surface area (Å²) >= 11 is 0. The summed E-state index contributed by atoms with van der Waals surface area (Å²) in [5.41, 5.74) is 16.6. The summed E-state index contributed by atoms with van der Waals surface area (Å²) in [6.45, 7) is 0. The summed E-state index contributed by atoms with van der Waals surface area (Å²) in [6, 6.07) is 84.1. The van der Waals surface area contributed by atoms with E-state index in [1.54, 1.807) is 0 Å². The summed E-state index contributed by atoms with van der Waals surface area (Å²) in [5.74, 6) is 0. The first-order valence-corrected chi connectivity index (χ1v) is 19.7. The average molecular weight is 727 g/mol. The van der Waals surface area contributed by atoms with Crippen molar-refractivity contribution in [3.63, 3.8) is 0 Å². The molecule has 2 nitrogen and oxygen atoms in total. The molecule has 0 aliphatic heterocycles. The van der Waals surface area contributed by atoms with Crippen molar-refractivity contribution in [1.82, 2.24) is 4.57 Å². The Morgan fingerprint density at radius 1 is 0.333 bits per heavy atom. The van der Waals surface area contributed by atoms with Crippen LogP contribution in [-0.4, -0.2) is 4.57 Å². The van der Waals surface area contributed by atoms with Crippen LogP contribution in [0, 0.1) is 0 Å². The molecule has 1 aliphatic carbocycles. The highest BCUT2D eigenvalue weighted by atomic mass is 15.1. The molecule has 1 aliphatic rings. The predicted molar refractivity (Wildman–Crippen MR) is 238 cm³/mol. The van der Waals surface area contributed by atoms with E-state index in [9.17, 15) is 0 Å². The maximum Gasteiger partial charge on any atom is 0.0713 e. The highest BCUT2D eigenvalue weighted by Crippen LogP contribution is 2.56. The number of hydrogen-bond donors (Lipinski definition) is 0. The molecule has 57 heavy (non-hydrogen) atoms. The highest BCUT2D eigenvalue weighted by Gasteiger charge is 2.46. The zero-order valence-corrected chi connectivity index (χ0v) is 31.3. The van der Waals surface area contributed by atoms with Crippen LogP contribution in [0.5, 0.6) is 0 Å². The van der Waals surface area contributed by atoms with Crippen molar-refractivity contribution < 1.29 is 0 Å². The minimum absolute atomic E-state index is 0.435. The third kappa shape index (κ3) is 5.18. The smallest absolute Gasteiger partial charge is 0.0713 e. The second-order valence-corrected chi connectivity index (χ2v) is 14.9. The van der Waals surface area contributed by atoms with E-state index in [2.05, 4.69) is 240 Å². The van der Waals surface area contributed by atoms with Crippen LogP contribution in [0.15, 0.2) is 231 Å². The van der Waals surface area contributed by atoms with Gasteiger partial charge in [-0.3, -0.25) is 0 Å². The largest absolute Gasteiger partial charge is 0.310 e. The van der Waals surface area contributed by atoms with Crippen molar-refractivity contribution in [3.05, 3.63) is 253 Å². The van der Waals surface area contributed by atoms with E-state index in [-0.39, 0.29) is 0 Å². The maximum atomic E-state index is 2.44. The molecule has 1 aromatic heterocycles. The first-order valence-electron chi connectivity index (χ1n) is 19.7. The monoisotopic (exact) mass is 726 g/mol. The van der Waals surface area contributed by atoms with Crippen LogP contribution in [-0.2, 0) is 5.41 Å². The number of aromatic nitrogens is 1. The van der Waals surface area contributed by atoms with Gasteiger partial charge in [-0.15, -0.1) is 0 Å². The van der Waals surface area contributed by atoms with E-state index < -0.39 is 5.41 Å². The van der Waals surface area contributed by atoms with E-state index in [4.69, 9.17) is 0 Å². The van der Waals surface area contributed by atoms with Gasteiger partial charge >= 0.3 is 0 Å². The lowest BCUT2D eigenvalue weighted by Gasteiger charge is -2.34. The van der Waals surface area contributed by atoms with Crippen LogP contribution in [0.4, 0.5) is 17.1 Å². The van der Waals surface area contributed by atoms with Crippen molar-refractivity contribution >= 4 is 38.9 Å². The van der Waals surface area contributed by atoms with Crippen LogP contribution in [0.3, 0.4) is 0 Å². The SMILES string of the molecule is c1ccc(N(c2ccc(-c3ccc4c(c3)C(c3ccccc3)(c3ccccc3)c3ccccc3-4)cc2)c2ccc3c4ccccc4n(-c4ccccc4)c3c2)cc1. The molecule has 11 rings (SSSR count). The molecule has 2 heteroatoms. The number of nitrogens with zero attached hydrogens (tertiary/aromatic N) is 2. The lowest BCUT2D eigenvalue weighted by Crippen LogP contribution is -2.28. The Morgan fingerprint density at radius 3 is 1.58 bits per heavy atom. The zero-order chi connectivity index (χ0) is 37.8. The van der Waals surface area contributed by atoms with Crippen LogP contribution in [0.25, 0.3) is 49.7 Å². The van der Waals surface area contributed by atoms with Crippen molar-refractivity contribution in [1.29, 1.82) is 0 Å². The summed E-state index contributed by atoms with van der Waals surface area (Å²) in [5, 5.41) is 2.49. The van der Waals surface area contributed by atoms with Gasteiger partial charge in [0.1, 0.15) is 0 Å². The first-order chi connectivity index (χ1) is 28.3. The molecule has 0 radical (unpaired) electrons. The molecule has 268 valence electrons. The Kier molecular flexibility index (Phi) is 7.75. The second kappa shape index (κ2) is 13.4. The molecule has 0 spiro atoms. The van der Waals surface area contributed by atoms with Crippen LogP contribution >= 0.6 is 0 Å². The second-order valence-electron chi connectivity index (χ2n) is 14.9. The summed E-state index contributed by atoms with van der Waals surface area (Å²) in [7, 11) is 0. The third-order valence-corrected chi connectivity index (χ3v) is 11.9. The average Bonchev–Trinajstić information content (AvgIpc) is 3.78. The summed E-state index contributed by atoms with van der Waals surface area (Å²) in [6.07, 6.45) is 0. The third-order valence-electron chi connectivity index (χ3n) is 11.9. The molecule has 0 bridgehead atoms. The highest BCUT2D eigenvalue weighted by molar-refractivity contribution is 6.10. The normalized spacial score (nSPS) is 12.7. The lowest BCUT2D eigenvalue weighted by molar-refractivity contribution is 0.769. The minimum Gasteiger partial charge on any atom is -0.310 e. The van der Waals surface area contributed by atoms with Gasteiger partial charge in [-0.1, -0.05) is 170 Å². The maximum absolute atomic E-state index is 2.44. The Balaban J connectivity index is 1.05. The van der Waals surface area contributed by atoms with E-state index >= 15 is 0 Å². The molecule has 0 saturated carbocycles. The van der Waals surface area contributed by atoms with Gasteiger partial charge in [0.2, 0.25) is 0 Å². The van der Waals surface area contributed by atoms with Gasteiger partial charge in [-0.2, -0.15) is 0 Å². The van der Waals surface area contributed by atoms with E-state index in [0.717, 1.165) is 22.7 Å². The van der Waals surface area contributed by atoms with Gasteiger partial charge < -0.3 is 9.47 Å². The number of benzene rings is 9. The molecule has 0 unspecified atom stereocenters. The molecule has 0 amide bonds. The van der Waals surface area contributed by atoms with Gasteiger partial charge in [0.15, 0.2) is 0 Å². The Morgan fingerprint density at radius 2 is 0.860 bits per heavy atom. The minimum atomic E-state index is -0.435. The fourth-order valence-corrected chi connectivity index (χ4v) is 9.40. The lowest BCUT2D eigenvalue weighted by atomic mass is 9.67. The molecular formula is C55H38N2. The molecule has 10 aromatic rings. The van der Waals surface area contributed by atoms with E-state index in [0.29, 0.717) is 0 Å². The molecule has 0 atom stereocenters. The van der Waals surface area contributed by atoms with Gasteiger partial charge in [0, 0.05) is 33.5 Å². The molecule has 0 fully saturated rings. The molecular weight excluding hydrogens is 689 g/mol. The summed E-state index contributed by atoms with van der Waals surface area (Å²) in [4.78, 5) is 2.37. The fourth-order valence-electron chi connectivity index (χ4n) is 9.40. The number of hydrogen-bond acceptors (Lipinski definition) is 1. The molecule has 0 saturated heterocycles. The van der Waals surface area contributed by atoms with Gasteiger partial charge in [-0.25, -0.2) is 0 Å². The number of rotatable bonds is 7. The molecule has 1 heterocycles. The summed E-state index contributed by atoms with van der Waals surface area (Å²) < 4.78 is 2.39. The van der Waals surface area contributed by atoms with Crippen molar-refractivity contribution in [2.75, 3.05) is 4.90 Å². The van der Waals surface area contributed by atoms with Gasteiger partial charge in [0.25, 0.3) is 0 Å². The predicted octanol–water partition coefficient (Wildman–Crippen LogP) is 14.3. The van der Waals surface area contributed by atoms with Gasteiger partial charge in [0.05, 0.1) is 16.4 Å². The standard InChI is InChI=1S/C55H38N2/c1-5-17-41(18-6-1)55(42-19-7-2-8-20-42)51-27-15-13-25-47(51)48-35-31-40(37-52(48)55)39-29-32-45(33-30-39)56(43-21-9-3-10-22-43)46-34-36-50-49-26-14-16-28-53(49)57(54(50)38-46)44-23-11-4-12-24-44/h1-38H. The quantitative estimate of drug-likeness (QED) is 0.159. The van der Waals surface area contributed by atoms with Crippen molar-refractivity contribution in [2.45, 2.75) is 5.41 Å². The topological polar surface area (TPSA) is 8.17 Å². The van der Waals surface area contributed by atoms with E-state index in [1.165, 1.54) is 66.3 Å². The van der Waals surface area contributed by atoms with Crippen LogP contribution < -0.4 is 4.90 Å². The van der Waals surface area contributed by atoms with E-state index in [1.807, 2.05) is 0 Å². The molecule has 0 N–H and O–H groups in total. The first kappa shape index (κ1) is 33.0. The van der Waals surface area contributed by atoms with Crippen LogP contribution in [0.1, 0.15) is 22.3 Å².